The van der Waals surface area contributed by atoms with Gasteiger partial charge in [-0.05, 0) is 36.8 Å². The van der Waals surface area contributed by atoms with Gasteiger partial charge in [0.05, 0.1) is 12.0 Å². The molecular formula is C20H26N2O2. The number of carbonyl (C=O) groups excluding carboxylic acids is 2. The van der Waals surface area contributed by atoms with Crippen LogP contribution >= 0.6 is 0 Å². The molecule has 2 unspecified atom stereocenters. The van der Waals surface area contributed by atoms with Gasteiger partial charge in [0, 0.05) is 26.1 Å². The van der Waals surface area contributed by atoms with Gasteiger partial charge < -0.3 is 9.80 Å². The number of benzene rings is 1. The van der Waals surface area contributed by atoms with Crippen LogP contribution in [-0.2, 0) is 16.0 Å². The maximum Gasteiger partial charge on any atom is 0.228 e. The Balaban J connectivity index is 1.45. The van der Waals surface area contributed by atoms with Gasteiger partial charge in [-0.25, -0.2) is 0 Å². The van der Waals surface area contributed by atoms with Crippen LogP contribution in [0.5, 0.6) is 0 Å². The van der Waals surface area contributed by atoms with Gasteiger partial charge in [-0.2, -0.15) is 0 Å². The predicted octanol–water partition coefficient (Wildman–Crippen LogP) is 2.92. The molecule has 0 bridgehead atoms. The van der Waals surface area contributed by atoms with E-state index in [1.165, 1.54) is 24.0 Å². The summed E-state index contributed by atoms with van der Waals surface area (Å²) >= 11 is 0. The highest BCUT2D eigenvalue weighted by Crippen LogP contribution is 2.37. The standard InChI is InChI=1S/C20H26N2O2/c1-21(18-11-10-14-6-2-5-9-17(14)18)20(24)15-12-19(23)22(13-15)16-7-3-4-8-16/h2,5-6,9,15-16,18H,3-4,7-8,10-13H2,1H3. The second-order valence-corrected chi connectivity index (χ2v) is 7.59. The van der Waals surface area contributed by atoms with Gasteiger partial charge >= 0.3 is 0 Å². The summed E-state index contributed by atoms with van der Waals surface area (Å²) in [5.41, 5.74) is 2.64. The molecule has 4 heteroatoms. The normalized spacial score (nSPS) is 26.9. The number of hydrogen-bond donors (Lipinski definition) is 0. The number of likely N-dealkylation sites (tertiary alicyclic amines) is 1. The third-order valence-electron chi connectivity index (χ3n) is 6.19. The summed E-state index contributed by atoms with van der Waals surface area (Å²) in [6.07, 6.45) is 7.08. The van der Waals surface area contributed by atoms with E-state index in [2.05, 4.69) is 24.3 Å². The van der Waals surface area contributed by atoms with Gasteiger partial charge in [-0.3, -0.25) is 9.59 Å². The molecule has 2 aliphatic carbocycles. The van der Waals surface area contributed by atoms with E-state index >= 15 is 0 Å². The number of aryl methyl sites for hydroxylation is 1. The van der Waals surface area contributed by atoms with Gasteiger partial charge in [0.25, 0.3) is 0 Å². The molecule has 4 nitrogen and oxygen atoms in total. The minimum atomic E-state index is -0.157. The molecule has 1 aliphatic heterocycles. The first-order valence-corrected chi connectivity index (χ1v) is 9.29. The fourth-order valence-corrected chi connectivity index (χ4v) is 4.84. The van der Waals surface area contributed by atoms with Gasteiger partial charge in [0.15, 0.2) is 0 Å². The minimum absolute atomic E-state index is 0.144. The topological polar surface area (TPSA) is 40.6 Å². The number of fused-ring (bicyclic) bond motifs is 1. The van der Waals surface area contributed by atoms with Crippen molar-refractivity contribution in [3.63, 3.8) is 0 Å². The third-order valence-corrected chi connectivity index (χ3v) is 6.19. The zero-order valence-electron chi connectivity index (χ0n) is 14.4. The lowest BCUT2D eigenvalue weighted by Gasteiger charge is -2.29. The SMILES string of the molecule is CN(C(=O)C1CC(=O)N(C2CCCC2)C1)C1CCc2ccccc21. The first-order valence-electron chi connectivity index (χ1n) is 9.29. The van der Waals surface area contributed by atoms with Crippen molar-refractivity contribution in [1.29, 1.82) is 0 Å². The molecule has 1 saturated heterocycles. The first-order chi connectivity index (χ1) is 11.6. The Bertz CT molecular complexity index is 651. The van der Waals surface area contributed by atoms with E-state index in [4.69, 9.17) is 0 Å². The Morgan fingerprint density at radius 3 is 2.71 bits per heavy atom. The van der Waals surface area contributed by atoms with Gasteiger partial charge in [-0.15, -0.1) is 0 Å². The van der Waals surface area contributed by atoms with Crippen LogP contribution in [0.15, 0.2) is 24.3 Å². The number of hydrogen-bond acceptors (Lipinski definition) is 2. The molecule has 0 aromatic heterocycles. The molecule has 4 rings (SSSR count). The van der Waals surface area contributed by atoms with Crippen molar-refractivity contribution in [3.8, 4) is 0 Å². The van der Waals surface area contributed by atoms with Crippen LogP contribution < -0.4 is 0 Å². The second-order valence-electron chi connectivity index (χ2n) is 7.59. The van der Waals surface area contributed by atoms with Crippen molar-refractivity contribution >= 4 is 11.8 Å². The number of rotatable bonds is 3. The molecule has 0 spiro atoms. The Morgan fingerprint density at radius 1 is 1.17 bits per heavy atom. The van der Waals surface area contributed by atoms with E-state index in [9.17, 15) is 9.59 Å². The number of nitrogens with zero attached hydrogens (tertiary/aromatic N) is 2. The number of carbonyl (C=O) groups is 2. The average molecular weight is 326 g/mol. The largest absolute Gasteiger partial charge is 0.339 e. The van der Waals surface area contributed by atoms with Crippen molar-refractivity contribution in [2.75, 3.05) is 13.6 Å². The van der Waals surface area contributed by atoms with Gasteiger partial charge in [0.1, 0.15) is 0 Å². The van der Waals surface area contributed by atoms with Crippen molar-refractivity contribution in [3.05, 3.63) is 35.4 Å². The maximum atomic E-state index is 13.0. The molecule has 1 heterocycles. The van der Waals surface area contributed by atoms with Crippen LogP contribution in [-0.4, -0.2) is 41.2 Å². The number of amides is 2. The molecule has 2 atom stereocenters. The molecule has 24 heavy (non-hydrogen) atoms. The Morgan fingerprint density at radius 2 is 1.92 bits per heavy atom. The van der Waals surface area contributed by atoms with Crippen molar-refractivity contribution in [2.24, 2.45) is 5.92 Å². The first kappa shape index (κ1) is 15.7. The molecule has 3 aliphatic rings. The molecule has 0 N–H and O–H groups in total. The Labute approximate surface area is 143 Å². The highest BCUT2D eigenvalue weighted by Gasteiger charge is 2.41. The quantitative estimate of drug-likeness (QED) is 0.857. The maximum absolute atomic E-state index is 13.0. The minimum Gasteiger partial charge on any atom is -0.339 e. The summed E-state index contributed by atoms with van der Waals surface area (Å²) in [5, 5.41) is 0. The van der Waals surface area contributed by atoms with Crippen LogP contribution in [0.1, 0.15) is 55.7 Å². The highest BCUT2D eigenvalue weighted by molar-refractivity contribution is 5.89. The molecule has 1 aromatic rings. The molecule has 128 valence electrons. The zero-order chi connectivity index (χ0) is 16.7. The summed E-state index contributed by atoms with van der Waals surface area (Å²) in [6.45, 7) is 0.626. The van der Waals surface area contributed by atoms with E-state index in [-0.39, 0.29) is 23.8 Å². The molecule has 2 fully saturated rings. The smallest absolute Gasteiger partial charge is 0.228 e. The van der Waals surface area contributed by atoms with Crippen LogP contribution in [0.4, 0.5) is 0 Å². The predicted molar refractivity (Wildman–Crippen MR) is 92.4 cm³/mol. The van der Waals surface area contributed by atoms with Crippen molar-refractivity contribution in [1.82, 2.24) is 9.80 Å². The lowest BCUT2D eigenvalue weighted by Crippen LogP contribution is -2.38. The second kappa shape index (κ2) is 6.23. The summed E-state index contributed by atoms with van der Waals surface area (Å²) in [4.78, 5) is 29.3. The molecule has 1 aromatic carbocycles. The lowest BCUT2D eigenvalue weighted by molar-refractivity contribution is -0.136. The third kappa shape index (κ3) is 2.62. The van der Waals surface area contributed by atoms with Crippen molar-refractivity contribution < 1.29 is 9.59 Å². The highest BCUT2D eigenvalue weighted by atomic mass is 16.2. The Kier molecular flexibility index (Phi) is 4.07. The van der Waals surface area contributed by atoms with E-state index in [1.54, 1.807) is 0 Å². The van der Waals surface area contributed by atoms with Crippen molar-refractivity contribution in [2.45, 2.75) is 57.0 Å². The van der Waals surface area contributed by atoms with Gasteiger partial charge in [0.2, 0.25) is 11.8 Å². The fraction of sp³-hybridized carbons (Fsp3) is 0.600. The zero-order valence-corrected chi connectivity index (χ0v) is 14.4. The van der Waals surface area contributed by atoms with E-state index in [1.807, 2.05) is 16.8 Å². The monoisotopic (exact) mass is 326 g/mol. The van der Waals surface area contributed by atoms with E-state index < -0.39 is 0 Å². The summed E-state index contributed by atoms with van der Waals surface area (Å²) < 4.78 is 0. The lowest BCUT2D eigenvalue weighted by atomic mass is 10.0. The fourth-order valence-electron chi connectivity index (χ4n) is 4.84. The summed E-state index contributed by atoms with van der Waals surface area (Å²) in [6, 6.07) is 8.97. The van der Waals surface area contributed by atoms with Crippen LogP contribution in [0.3, 0.4) is 0 Å². The molecule has 2 amide bonds. The Hall–Kier alpha value is -1.84. The van der Waals surface area contributed by atoms with Crippen LogP contribution in [0, 0.1) is 5.92 Å². The van der Waals surface area contributed by atoms with E-state index in [0.717, 1.165) is 25.7 Å². The molecule has 0 radical (unpaired) electrons. The van der Waals surface area contributed by atoms with Crippen LogP contribution in [0.2, 0.25) is 0 Å². The summed E-state index contributed by atoms with van der Waals surface area (Å²) in [7, 11) is 1.91. The van der Waals surface area contributed by atoms with Crippen LogP contribution in [0.25, 0.3) is 0 Å². The van der Waals surface area contributed by atoms with Gasteiger partial charge in [-0.1, -0.05) is 37.1 Å². The summed E-state index contributed by atoms with van der Waals surface area (Å²) in [5.74, 6) is 0.168. The molecule has 1 saturated carbocycles. The van der Waals surface area contributed by atoms with E-state index in [0.29, 0.717) is 19.0 Å². The molecular weight excluding hydrogens is 300 g/mol. The average Bonchev–Trinajstić information content (AvgIpc) is 3.32.